The van der Waals surface area contributed by atoms with Crippen LogP contribution in [0.15, 0.2) is 22.8 Å². The van der Waals surface area contributed by atoms with Crippen molar-refractivity contribution in [3.63, 3.8) is 0 Å². The van der Waals surface area contributed by atoms with E-state index in [1.807, 2.05) is 0 Å². The maximum absolute atomic E-state index is 12.4. The first-order chi connectivity index (χ1) is 12.3. The molecule has 1 aliphatic heterocycles. The minimum atomic E-state index is -0.232. The minimum Gasteiger partial charge on any atom is -0.462 e. The molecule has 3 rings (SSSR count). The normalized spacial score (nSPS) is 34.0. The van der Waals surface area contributed by atoms with Crippen LogP contribution in [0.2, 0.25) is 0 Å². The van der Waals surface area contributed by atoms with E-state index in [-0.39, 0.29) is 24.0 Å². The van der Waals surface area contributed by atoms with E-state index in [1.165, 1.54) is 12.5 Å². The van der Waals surface area contributed by atoms with Gasteiger partial charge < -0.3 is 9.47 Å². The summed E-state index contributed by atoms with van der Waals surface area (Å²) in [4.78, 5) is 24.2. The lowest BCUT2D eigenvalue weighted by Crippen LogP contribution is -2.36. The average molecular weight is 360 g/mol. The van der Waals surface area contributed by atoms with Crippen molar-refractivity contribution in [1.82, 2.24) is 0 Å². The van der Waals surface area contributed by atoms with Crippen LogP contribution in [0.3, 0.4) is 0 Å². The minimum absolute atomic E-state index is 0.0786. The number of esters is 2. The van der Waals surface area contributed by atoms with Gasteiger partial charge in [0.1, 0.15) is 12.7 Å². The molecule has 0 saturated heterocycles. The lowest BCUT2D eigenvalue weighted by atomic mass is 9.73. The van der Waals surface area contributed by atoms with Crippen molar-refractivity contribution in [2.75, 3.05) is 6.61 Å². The summed E-state index contributed by atoms with van der Waals surface area (Å²) < 4.78 is 11.3. The van der Waals surface area contributed by atoms with Gasteiger partial charge in [0.15, 0.2) is 0 Å². The molecule has 0 aromatic carbocycles. The molecule has 144 valence electrons. The van der Waals surface area contributed by atoms with E-state index in [9.17, 15) is 9.59 Å². The molecule has 0 N–H and O–H groups in total. The van der Waals surface area contributed by atoms with Gasteiger partial charge in [0.25, 0.3) is 0 Å². The van der Waals surface area contributed by atoms with Gasteiger partial charge in [-0.1, -0.05) is 25.5 Å². The summed E-state index contributed by atoms with van der Waals surface area (Å²) in [5.41, 5.74) is 3.35. The monoisotopic (exact) mass is 360 g/mol. The summed E-state index contributed by atoms with van der Waals surface area (Å²) in [5, 5.41) is 0. The largest absolute Gasteiger partial charge is 0.462 e. The quantitative estimate of drug-likeness (QED) is 0.537. The fourth-order valence-corrected chi connectivity index (χ4v) is 5.04. The summed E-state index contributed by atoms with van der Waals surface area (Å²) >= 11 is 0. The maximum Gasteiger partial charge on any atom is 0.334 e. The second-order valence-electron chi connectivity index (χ2n) is 8.74. The standard InChI is InChI=1S/C22H32O4/c1-12(2)7-6-8-13(3)20-18-11-25-22(24)21(18)17-10-16(17)14(4)9-19(20)26-15(5)23/h7,13-14,16-17,19-20H,6,8-11H2,1-5H3/t13-,14-,16+,17+,19-,20+/m1/s1. The first-order valence-electron chi connectivity index (χ1n) is 10.00. The molecule has 0 bridgehead atoms. The fraction of sp³-hybridized carbons (Fsp3) is 0.727. The van der Waals surface area contributed by atoms with E-state index in [1.54, 1.807) is 0 Å². The Morgan fingerprint density at radius 1 is 1.31 bits per heavy atom. The number of carbonyl (C=O) groups excluding carboxylic acids is 2. The van der Waals surface area contributed by atoms with Gasteiger partial charge in [-0.2, -0.15) is 0 Å². The smallest absolute Gasteiger partial charge is 0.334 e. The van der Waals surface area contributed by atoms with Crippen LogP contribution in [-0.2, 0) is 19.1 Å². The first-order valence-corrected chi connectivity index (χ1v) is 10.00. The van der Waals surface area contributed by atoms with Crippen molar-refractivity contribution in [1.29, 1.82) is 0 Å². The summed E-state index contributed by atoms with van der Waals surface area (Å²) in [6, 6.07) is 0. The zero-order valence-electron chi connectivity index (χ0n) is 16.7. The predicted octanol–water partition coefficient (Wildman–Crippen LogP) is 4.45. The Balaban J connectivity index is 1.93. The number of allylic oxidation sites excluding steroid dienone is 2. The van der Waals surface area contributed by atoms with Crippen LogP contribution in [-0.4, -0.2) is 24.6 Å². The Labute approximate surface area is 157 Å². The van der Waals surface area contributed by atoms with Gasteiger partial charge in [0.2, 0.25) is 0 Å². The predicted molar refractivity (Wildman–Crippen MR) is 100 cm³/mol. The number of carbonyl (C=O) groups is 2. The lowest BCUT2D eigenvalue weighted by molar-refractivity contribution is -0.150. The van der Waals surface area contributed by atoms with Crippen molar-refractivity contribution in [2.24, 2.45) is 29.6 Å². The molecule has 0 radical (unpaired) electrons. The molecule has 4 nitrogen and oxygen atoms in total. The van der Waals surface area contributed by atoms with Crippen molar-refractivity contribution in [2.45, 2.75) is 66.4 Å². The second-order valence-corrected chi connectivity index (χ2v) is 8.74. The molecule has 1 fully saturated rings. The third-order valence-electron chi connectivity index (χ3n) is 6.38. The molecule has 0 spiro atoms. The summed E-state index contributed by atoms with van der Waals surface area (Å²) in [6.07, 6.45) is 6.06. The van der Waals surface area contributed by atoms with Gasteiger partial charge >= 0.3 is 11.9 Å². The lowest BCUT2D eigenvalue weighted by Gasteiger charge is -2.35. The molecule has 1 heterocycles. The fourth-order valence-electron chi connectivity index (χ4n) is 5.04. The van der Waals surface area contributed by atoms with Crippen molar-refractivity contribution < 1.29 is 19.1 Å². The molecule has 0 amide bonds. The average Bonchev–Trinajstić information content (AvgIpc) is 3.22. The zero-order chi connectivity index (χ0) is 19.0. The number of ether oxygens (including phenoxy) is 2. The van der Waals surface area contributed by atoms with Crippen LogP contribution in [0.4, 0.5) is 0 Å². The molecule has 26 heavy (non-hydrogen) atoms. The van der Waals surface area contributed by atoms with Crippen molar-refractivity contribution in [3.05, 3.63) is 22.8 Å². The molecule has 6 atom stereocenters. The Morgan fingerprint density at radius 2 is 2.04 bits per heavy atom. The highest BCUT2D eigenvalue weighted by Crippen LogP contribution is 2.56. The van der Waals surface area contributed by atoms with Crippen LogP contribution in [0, 0.1) is 29.6 Å². The molecule has 0 aromatic heterocycles. The second kappa shape index (κ2) is 7.58. The molecule has 2 aliphatic carbocycles. The van der Waals surface area contributed by atoms with Gasteiger partial charge in [0, 0.05) is 18.4 Å². The third-order valence-corrected chi connectivity index (χ3v) is 6.38. The van der Waals surface area contributed by atoms with Crippen LogP contribution < -0.4 is 0 Å². The summed E-state index contributed by atoms with van der Waals surface area (Å²) in [7, 11) is 0. The molecular formula is C22H32O4. The summed E-state index contributed by atoms with van der Waals surface area (Å²) in [6.45, 7) is 10.5. The highest BCUT2D eigenvalue weighted by molar-refractivity contribution is 5.93. The van der Waals surface area contributed by atoms with Gasteiger partial charge in [-0.3, -0.25) is 4.79 Å². The Hall–Kier alpha value is -1.58. The van der Waals surface area contributed by atoms with E-state index in [4.69, 9.17) is 9.47 Å². The van der Waals surface area contributed by atoms with E-state index in [0.717, 1.165) is 36.8 Å². The zero-order valence-corrected chi connectivity index (χ0v) is 16.7. The molecule has 4 heteroatoms. The summed E-state index contributed by atoms with van der Waals surface area (Å²) in [5.74, 6) is 1.39. The van der Waals surface area contributed by atoms with Gasteiger partial charge in [-0.25, -0.2) is 4.79 Å². The molecule has 3 aliphatic rings. The van der Waals surface area contributed by atoms with Crippen molar-refractivity contribution >= 4 is 11.9 Å². The van der Waals surface area contributed by atoms with Gasteiger partial charge in [-0.05, 0) is 68.8 Å². The molecule has 0 aromatic rings. The van der Waals surface area contributed by atoms with Crippen LogP contribution >= 0.6 is 0 Å². The Kier molecular flexibility index (Phi) is 5.59. The van der Waals surface area contributed by atoms with Crippen molar-refractivity contribution in [3.8, 4) is 0 Å². The van der Waals surface area contributed by atoms with E-state index >= 15 is 0 Å². The molecule has 0 unspecified atom stereocenters. The molecular weight excluding hydrogens is 328 g/mol. The number of hydrogen-bond acceptors (Lipinski definition) is 4. The van der Waals surface area contributed by atoms with Gasteiger partial charge in [-0.15, -0.1) is 0 Å². The van der Waals surface area contributed by atoms with Crippen LogP contribution in [0.1, 0.15) is 60.3 Å². The van der Waals surface area contributed by atoms with E-state index < -0.39 is 0 Å². The highest BCUT2D eigenvalue weighted by Gasteiger charge is 2.53. The highest BCUT2D eigenvalue weighted by atomic mass is 16.5. The number of cyclic esters (lactones) is 1. The van der Waals surface area contributed by atoms with Gasteiger partial charge in [0.05, 0.1) is 0 Å². The number of fused-ring (bicyclic) bond motifs is 2. The first kappa shape index (κ1) is 19.2. The SMILES string of the molecule is CC(=O)O[C@@H]1C[C@@H](C)[C@@H]2C[C@@H]2C2=C(COC2=O)[C@@H]1[C@H](C)CCC=C(C)C. The maximum atomic E-state index is 12.4. The Bertz CT molecular complexity index is 641. The molecule has 1 saturated carbocycles. The van der Waals surface area contributed by atoms with Crippen LogP contribution in [0.25, 0.3) is 0 Å². The Morgan fingerprint density at radius 3 is 2.69 bits per heavy atom. The topological polar surface area (TPSA) is 52.6 Å². The van der Waals surface area contributed by atoms with E-state index in [0.29, 0.717) is 30.3 Å². The number of hydrogen-bond donors (Lipinski definition) is 0. The number of rotatable bonds is 5. The van der Waals surface area contributed by atoms with Crippen LogP contribution in [0.5, 0.6) is 0 Å². The van der Waals surface area contributed by atoms with E-state index in [2.05, 4.69) is 33.8 Å². The third kappa shape index (κ3) is 3.89.